The van der Waals surface area contributed by atoms with Gasteiger partial charge in [0.1, 0.15) is 0 Å². The molecule has 0 radical (unpaired) electrons. The quantitative estimate of drug-likeness (QED) is 0.777. The molecule has 1 N–H and O–H groups in total. The van der Waals surface area contributed by atoms with Gasteiger partial charge in [0.05, 0.1) is 0 Å². The van der Waals surface area contributed by atoms with Crippen LogP contribution in [0.25, 0.3) is 0 Å². The minimum atomic E-state index is 0.436. The molecule has 1 nitrogen and oxygen atoms in total. The number of hydrogen-bond donors (Lipinski definition) is 1. The highest BCUT2D eigenvalue weighted by Gasteiger charge is 2.09. The second-order valence-corrected chi connectivity index (χ2v) is 5.36. The summed E-state index contributed by atoms with van der Waals surface area (Å²) in [7, 11) is 2.05. The summed E-state index contributed by atoms with van der Waals surface area (Å²) < 4.78 is 0. The normalized spacial score (nSPS) is 12.3. The molecule has 0 aliphatic carbocycles. The first-order chi connectivity index (χ1) is 9.83. The van der Waals surface area contributed by atoms with E-state index in [0.717, 1.165) is 12.8 Å². The lowest BCUT2D eigenvalue weighted by Gasteiger charge is -2.17. The van der Waals surface area contributed by atoms with Crippen molar-refractivity contribution >= 4 is 0 Å². The summed E-state index contributed by atoms with van der Waals surface area (Å²) in [6.45, 7) is 2.23. The average Bonchev–Trinajstić information content (AvgIpc) is 2.51. The van der Waals surface area contributed by atoms with E-state index >= 15 is 0 Å². The molecule has 1 unspecified atom stereocenters. The molecule has 20 heavy (non-hydrogen) atoms. The minimum absolute atomic E-state index is 0.436. The number of nitrogens with one attached hydrogen (secondary N) is 1. The van der Waals surface area contributed by atoms with Gasteiger partial charge in [-0.3, -0.25) is 0 Å². The first-order valence-electron chi connectivity index (χ1n) is 7.63. The maximum Gasteiger partial charge on any atom is 0.0320 e. The minimum Gasteiger partial charge on any atom is -0.313 e. The Morgan fingerprint density at radius 1 is 0.850 bits per heavy atom. The first-order valence-corrected chi connectivity index (χ1v) is 7.63. The molecule has 0 amide bonds. The van der Waals surface area contributed by atoms with Gasteiger partial charge in [-0.15, -0.1) is 0 Å². The number of rotatable bonds is 7. The fourth-order valence-electron chi connectivity index (χ4n) is 2.64. The third-order valence-corrected chi connectivity index (χ3v) is 3.83. The molecule has 2 aromatic rings. The van der Waals surface area contributed by atoms with Gasteiger partial charge in [-0.1, -0.05) is 67.9 Å². The van der Waals surface area contributed by atoms with E-state index in [-0.39, 0.29) is 0 Å². The van der Waals surface area contributed by atoms with Gasteiger partial charge in [0, 0.05) is 6.04 Å². The second kappa shape index (κ2) is 7.86. The monoisotopic (exact) mass is 267 g/mol. The van der Waals surface area contributed by atoms with E-state index in [1.165, 1.54) is 29.5 Å². The molecular weight excluding hydrogens is 242 g/mol. The predicted molar refractivity (Wildman–Crippen MR) is 87.0 cm³/mol. The molecule has 0 heterocycles. The lowest BCUT2D eigenvalue weighted by atomic mass is 9.97. The Kier molecular flexibility index (Phi) is 5.82. The molecule has 0 spiro atoms. The van der Waals surface area contributed by atoms with Gasteiger partial charge in [0.2, 0.25) is 0 Å². The van der Waals surface area contributed by atoms with Crippen molar-refractivity contribution in [2.24, 2.45) is 0 Å². The lowest BCUT2D eigenvalue weighted by Crippen LogP contribution is -2.17. The third kappa shape index (κ3) is 4.21. The fourth-order valence-corrected chi connectivity index (χ4v) is 2.64. The molecule has 0 aliphatic heterocycles. The number of benzene rings is 2. The molecule has 0 bridgehead atoms. The Morgan fingerprint density at radius 3 is 2.10 bits per heavy atom. The second-order valence-electron chi connectivity index (χ2n) is 5.36. The van der Waals surface area contributed by atoms with Crippen molar-refractivity contribution in [3.05, 3.63) is 71.3 Å². The highest BCUT2D eigenvalue weighted by Crippen LogP contribution is 2.20. The molecule has 2 aromatic carbocycles. The molecule has 0 saturated carbocycles. The largest absolute Gasteiger partial charge is 0.313 e. The Bertz CT molecular complexity index is 487. The van der Waals surface area contributed by atoms with E-state index < -0.39 is 0 Å². The lowest BCUT2D eigenvalue weighted by molar-refractivity contribution is 0.549. The fraction of sp³-hybridized carbons (Fsp3) is 0.368. The van der Waals surface area contributed by atoms with E-state index in [1.54, 1.807) is 0 Å². The molecule has 0 fully saturated rings. The molecule has 0 aromatic heterocycles. The van der Waals surface area contributed by atoms with Crippen LogP contribution in [0.15, 0.2) is 54.6 Å². The highest BCUT2D eigenvalue weighted by molar-refractivity contribution is 5.25. The SMILES string of the molecule is CCCc1ccc(C(CCc2ccccc2)NC)cc1. The zero-order chi connectivity index (χ0) is 14.2. The van der Waals surface area contributed by atoms with Crippen LogP contribution in [-0.4, -0.2) is 7.05 Å². The van der Waals surface area contributed by atoms with Gasteiger partial charge in [0.25, 0.3) is 0 Å². The van der Waals surface area contributed by atoms with E-state index in [1.807, 2.05) is 0 Å². The van der Waals surface area contributed by atoms with Crippen LogP contribution >= 0.6 is 0 Å². The molecule has 1 heteroatoms. The number of hydrogen-bond acceptors (Lipinski definition) is 1. The van der Waals surface area contributed by atoms with Crippen molar-refractivity contribution in [1.82, 2.24) is 5.32 Å². The summed E-state index contributed by atoms with van der Waals surface area (Å²) in [4.78, 5) is 0. The van der Waals surface area contributed by atoms with Gasteiger partial charge >= 0.3 is 0 Å². The Morgan fingerprint density at radius 2 is 1.50 bits per heavy atom. The van der Waals surface area contributed by atoms with Crippen molar-refractivity contribution in [3.8, 4) is 0 Å². The van der Waals surface area contributed by atoms with Gasteiger partial charge < -0.3 is 5.32 Å². The van der Waals surface area contributed by atoms with E-state index in [9.17, 15) is 0 Å². The van der Waals surface area contributed by atoms with Crippen LogP contribution in [0.2, 0.25) is 0 Å². The smallest absolute Gasteiger partial charge is 0.0320 e. The average molecular weight is 267 g/mol. The van der Waals surface area contributed by atoms with Crippen LogP contribution in [0.1, 0.15) is 42.5 Å². The van der Waals surface area contributed by atoms with Crippen LogP contribution in [-0.2, 0) is 12.8 Å². The summed E-state index contributed by atoms with van der Waals surface area (Å²) in [5.41, 5.74) is 4.24. The van der Waals surface area contributed by atoms with Crippen LogP contribution in [0, 0.1) is 0 Å². The Balaban J connectivity index is 1.97. The summed E-state index contributed by atoms with van der Waals surface area (Å²) >= 11 is 0. The molecule has 106 valence electrons. The van der Waals surface area contributed by atoms with E-state index in [4.69, 9.17) is 0 Å². The van der Waals surface area contributed by atoms with E-state index in [0.29, 0.717) is 6.04 Å². The summed E-state index contributed by atoms with van der Waals surface area (Å²) in [6, 6.07) is 20.2. The number of aryl methyl sites for hydroxylation is 2. The molecule has 0 aliphatic rings. The van der Waals surface area contributed by atoms with Crippen molar-refractivity contribution in [2.75, 3.05) is 7.05 Å². The summed E-state index contributed by atoms with van der Waals surface area (Å²) in [5.74, 6) is 0. The van der Waals surface area contributed by atoms with Crippen molar-refractivity contribution in [1.29, 1.82) is 0 Å². The van der Waals surface area contributed by atoms with Crippen molar-refractivity contribution < 1.29 is 0 Å². The molecule has 1 atom stereocenters. The van der Waals surface area contributed by atoms with Gasteiger partial charge in [-0.05, 0) is 43.0 Å². The molecular formula is C19H25N. The van der Waals surface area contributed by atoms with Gasteiger partial charge in [0.15, 0.2) is 0 Å². The molecule has 0 saturated heterocycles. The first kappa shape index (κ1) is 14.8. The van der Waals surface area contributed by atoms with Gasteiger partial charge in [-0.2, -0.15) is 0 Å². The Labute approximate surface area is 123 Å². The topological polar surface area (TPSA) is 12.0 Å². The Hall–Kier alpha value is -1.60. The summed E-state index contributed by atoms with van der Waals surface area (Å²) in [6.07, 6.45) is 4.63. The van der Waals surface area contributed by atoms with Gasteiger partial charge in [-0.25, -0.2) is 0 Å². The van der Waals surface area contributed by atoms with Crippen LogP contribution in [0.4, 0.5) is 0 Å². The maximum absolute atomic E-state index is 3.44. The van der Waals surface area contributed by atoms with Crippen molar-refractivity contribution in [2.45, 2.75) is 38.6 Å². The van der Waals surface area contributed by atoms with Crippen LogP contribution in [0.5, 0.6) is 0 Å². The zero-order valence-corrected chi connectivity index (χ0v) is 12.6. The highest BCUT2D eigenvalue weighted by atomic mass is 14.9. The van der Waals surface area contributed by atoms with Crippen molar-refractivity contribution in [3.63, 3.8) is 0 Å². The zero-order valence-electron chi connectivity index (χ0n) is 12.6. The third-order valence-electron chi connectivity index (χ3n) is 3.83. The standard InChI is InChI=1S/C19H25N/c1-3-7-16-10-13-18(14-11-16)19(20-2)15-12-17-8-5-4-6-9-17/h4-6,8-11,13-14,19-20H,3,7,12,15H2,1-2H3. The summed E-state index contributed by atoms with van der Waals surface area (Å²) in [5, 5.41) is 3.44. The van der Waals surface area contributed by atoms with Crippen LogP contribution in [0.3, 0.4) is 0 Å². The van der Waals surface area contributed by atoms with E-state index in [2.05, 4.69) is 73.9 Å². The predicted octanol–water partition coefficient (Wildman–Crippen LogP) is 4.53. The molecule has 2 rings (SSSR count). The van der Waals surface area contributed by atoms with Crippen LogP contribution < -0.4 is 5.32 Å². The maximum atomic E-state index is 3.44.